The number of hydrogen-bond acceptors (Lipinski definition) is 15. The molecule has 6 atom stereocenters. The van der Waals surface area contributed by atoms with E-state index in [2.05, 4.69) is 55.4 Å². The van der Waals surface area contributed by atoms with Gasteiger partial charge in [0, 0.05) is 25.7 Å². The largest absolute Gasteiger partial charge is 0.472 e. The minimum atomic E-state index is -4.95. The Morgan fingerprint density at radius 3 is 0.798 bits per heavy atom. The highest BCUT2D eigenvalue weighted by Gasteiger charge is 2.30. The molecule has 17 nitrogen and oxygen atoms in total. The molecule has 19 heteroatoms. The lowest BCUT2D eigenvalue weighted by molar-refractivity contribution is -0.161. The van der Waals surface area contributed by atoms with Crippen LogP contribution in [0.2, 0.25) is 0 Å². The van der Waals surface area contributed by atoms with Crippen LogP contribution < -0.4 is 0 Å². The van der Waals surface area contributed by atoms with E-state index in [1.54, 1.807) is 0 Å². The quantitative estimate of drug-likeness (QED) is 0.0222. The number of carbonyl (C=O) groups is 4. The predicted molar refractivity (Wildman–Crippen MR) is 358 cm³/mol. The van der Waals surface area contributed by atoms with Crippen LogP contribution in [0.5, 0.6) is 0 Å². The van der Waals surface area contributed by atoms with Gasteiger partial charge < -0.3 is 33.8 Å². The number of carbonyl (C=O) groups excluding carboxylic acids is 4. The van der Waals surface area contributed by atoms with Gasteiger partial charge in [-0.05, 0) is 49.4 Å². The number of ether oxygens (including phenoxy) is 4. The molecule has 0 radical (unpaired) electrons. The monoisotopic (exact) mass is 1310 g/mol. The Morgan fingerprint density at radius 1 is 0.315 bits per heavy atom. The lowest BCUT2D eigenvalue weighted by atomic mass is 9.99. The molecule has 0 bridgehead atoms. The van der Waals surface area contributed by atoms with Crippen molar-refractivity contribution in [3.8, 4) is 0 Å². The van der Waals surface area contributed by atoms with Crippen molar-refractivity contribution in [2.75, 3.05) is 39.6 Å². The Morgan fingerprint density at radius 2 is 0.539 bits per heavy atom. The van der Waals surface area contributed by atoms with Gasteiger partial charge in [0.25, 0.3) is 0 Å². The van der Waals surface area contributed by atoms with Crippen LogP contribution in [-0.2, 0) is 65.4 Å². The molecule has 0 aromatic rings. The van der Waals surface area contributed by atoms with Gasteiger partial charge in [-0.25, -0.2) is 9.13 Å². The lowest BCUT2D eigenvalue weighted by Crippen LogP contribution is -2.30. The summed E-state index contributed by atoms with van der Waals surface area (Å²) in [5.41, 5.74) is 0. The van der Waals surface area contributed by atoms with Gasteiger partial charge in [-0.3, -0.25) is 37.3 Å². The van der Waals surface area contributed by atoms with Crippen LogP contribution in [0.15, 0.2) is 0 Å². The van der Waals surface area contributed by atoms with Crippen molar-refractivity contribution in [2.45, 2.75) is 363 Å². The van der Waals surface area contributed by atoms with Gasteiger partial charge in [0.15, 0.2) is 12.2 Å². The second-order valence-electron chi connectivity index (χ2n) is 26.9. The fourth-order valence-corrected chi connectivity index (χ4v) is 12.0. The van der Waals surface area contributed by atoms with E-state index >= 15 is 0 Å². The molecule has 0 aromatic heterocycles. The first-order valence-corrected chi connectivity index (χ1v) is 39.2. The van der Waals surface area contributed by atoms with Gasteiger partial charge >= 0.3 is 39.5 Å². The van der Waals surface area contributed by atoms with E-state index in [0.29, 0.717) is 37.5 Å². The first kappa shape index (κ1) is 87.1. The molecule has 89 heavy (non-hydrogen) atoms. The Balaban J connectivity index is 5.18. The summed E-state index contributed by atoms with van der Waals surface area (Å²) >= 11 is 0. The zero-order valence-corrected chi connectivity index (χ0v) is 59.8. The molecule has 0 rings (SSSR count). The Kier molecular flexibility index (Phi) is 58.5. The van der Waals surface area contributed by atoms with Crippen molar-refractivity contribution in [3.63, 3.8) is 0 Å². The first-order chi connectivity index (χ1) is 42.6. The van der Waals surface area contributed by atoms with Crippen LogP contribution in [0.4, 0.5) is 0 Å². The summed E-state index contributed by atoms with van der Waals surface area (Å²) in [6.07, 6.45) is 42.0. The minimum absolute atomic E-state index is 0.103. The van der Waals surface area contributed by atoms with Crippen LogP contribution in [0.3, 0.4) is 0 Å². The molecule has 3 N–H and O–H groups in total. The van der Waals surface area contributed by atoms with Gasteiger partial charge in [-0.1, -0.05) is 293 Å². The molecule has 0 aliphatic carbocycles. The topological polar surface area (TPSA) is 237 Å². The van der Waals surface area contributed by atoms with E-state index < -0.39 is 97.5 Å². The van der Waals surface area contributed by atoms with Crippen molar-refractivity contribution in [2.24, 2.45) is 23.7 Å². The minimum Gasteiger partial charge on any atom is -0.462 e. The van der Waals surface area contributed by atoms with E-state index in [1.807, 2.05) is 0 Å². The summed E-state index contributed by atoms with van der Waals surface area (Å²) in [6, 6.07) is 0. The number of aliphatic hydroxyl groups excluding tert-OH is 1. The zero-order valence-electron chi connectivity index (χ0n) is 58.1. The molecule has 528 valence electrons. The molecular weight excluding hydrogens is 1170 g/mol. The van der Waals surface area contributed by atoms with Crippen LogP contribution in [-0.4, -0.2) is 96.7 Å². The summed E-state index contributed by atoms with van der Waals surface area (Å²) in [6.45, 7) is 14.0. The van der Waals surface area contributed by atoms with Gasteiger partial charge in [-0.2, -0.15) is 0 Å². The number of esters is 4. The van der Waals surface area contributed by atoms with Crippen LogP contribution in [0.1, 0.15) is 344 Å². The molecule has 0 spiro atoms. The van der Waals surface area contributed by atoms with Crippen molar-refractivity contribution in [3.05, 3.63) is 0 Å². The van der Waals surface area contributed by atoms with Crippen molar-refractivity contribution in [1.82, 2.24) is 0 Å². The summed E-state index contributed by atoms with van der Waals surface area (Å²) in [7, 11) is -9.90. The average molecular weight is 1310 g/mol. The van der Waals surface area contributed by atoms with Crippen LogP contribution in [0, 0.1) is 23.7 Å². The van der Waals surface area contributed by atoms with Crippen molar-refractivity contribution in [1.29, 1.82) is 0 Å². The SMILES string of the molecule is CCC(C)CCCCCCCCCCC(=O)O[C@H](COC(=O)CCCCCCCCC(C)C)COP(=O)(O)OCC(O)COP(=O)(O)OC[C@@H](COC(=O)CCCCCCCCC(C)C)OC(=O)CCCCCCCCCCCCCCCCCCC(C)C. The number of phosphoric ester groups is 2. The number of rotatable bonds is 67. The molecule has 0 aliphatic rings. The van der Waals surface area contributed by atoms with Gasteiger partial charge in [0.1, 0.15) is 19.3 Å². The zero-order chi connectivity index (χ0) is 66.1. The van der Waals surface area contributed by atoms with E-state index in [-0.39, 0.29) is 25.7 Å². The van der Waals surface area contributed by atoms with Crippen molar-refractivity contribution < 1.29 is 80.2 Å². The number of aliphatic hydroxyl groups is 1. The maximum Gasteiger partial charge on any atom is 0.472 e. The molecule has 0 amide bonds. The molecule has 0 aromatic carbocycles. The molecule has 4 unspecified atom stereocenters. The molecule has 0 heterocycles. The maximum absolute atomic E-state index is 13.0. The Hall–Kier alpha value is -1.94. The highest BCUT2D eigenvalue weighted by atomic mass is 31.2. The number of hydrogen-bond donors (Lipinski definition) is 3. The maximum atomic E-state index is 13.0. The summed E-state index contributed by atoms with van der Waals surface area (Å²) in [4.78, 5) is 72.4. The fourth-order valence-electron chi connectivity index (χ4n) is 10.5. The molecule has 0 aliphatic heterocycles. The molecule has 0 fully saturated rings. The van der Waals surface area contributed by atoms with Gasteiger partial charge in [0.2, 0.25) is 0 Å². The second-order valence-corrected chi connectivity index (χ2v) is 29.8. The summed E-state index contributed by atoms with van der Waals surface area (Å²) in [5, 5.41) is 10.6. The molecule has 0 saturated heterocycles. The van der Waals surface area contributed by atoms with Crippen molar-refractivity contribution >= 4 is 39.5 Å². The van der Waals surface area contributed by atoms with E-state index in [4.69, 9.17) is 37.0 Å². The summed E-state index contributed by atoms with van der Waals surface area (Å²) in [5.74, 6) is 0.803. The Bertz CT molecular complexity index is 1770. The second kappa shape index (κ2) is 59.8. The Labute approximate surface area is 543 Å². The average Bonchev–Trinajstić information content (AvgIpc) is 3.64. The van der Waals surface area contributed by atoms with E-state index in [1.165, 1.54) is 135 Å². The van der Waals surface area contributed by atoms with E-state index in [0.717, 1.165) is 115 Å². The smallest absolute Gasteiger partial charge is 0.462 e. The van der Waals surface area contributed by atoms with Crippen LogP contribution >= 0.6 is 15.6 Å². The van der Waals surface area contributed by atoms with Gasteiger partial charge in [0.05, 0.1) is 26.4 Å². The first-order valence-electron chi connectivity index (χ1n) is 36.2. The highest BCUT2D eigenvalue weighted by Crippen LogP contribution is 2.45. The van der Waals surface area contributed by atoms with E-state index in [9.17, 15) is 43.2 Å². The lowest BCUT2D eigenvalue weighted by Gasteiger charge is -2.21. The molecule has 0 saturated carbocycles. The highest BCUT2D eigenvalue weighted by molar-refractivity contribution is 7.47. The number of unbranched alkanes of at least 4 members (excludes halogenated alkanes) is 32. The third-order valence-electron chi connectivity index (χ3n) is 16.4. The third-order valence-corrected chi connectivity index (χ3v) is 18.3. The predicted octanol–water partition coefficient (Wildman–Crippen LogP) is 19.7. The van der Waals surface area contributed by atoms with Gasteiger partial charge in [-0.15, -0.1) is 0 Å². The fraction of sp³-hybridized carbons (Fsp3) is 0.943. The normalized spacial score (nSPS) is 14.6. The standard InChI is InChI=1S/C70H136O17P2/c1-9-63(8)49-41-33-23-20-21-25-37-45-53-70(75)87-66(57-81-68(73)51-43-35-29-27-32-40-48-62(6)7)59-85-89(78,79)83-55-64(71)54-82-88(76,77)84-58-65(56-80-67(72)50-42-34-28-26-31-39-47-61(4)5)86-69(74)52-44-36-24-19-17-15-13-11-10-12-14-16-18-22-30-38-46-60(2)3/h60-66,71H,9-59H2,1-8H3,(H,76,77)(H,78,79)/t63?,64?,65-,66-/m1/s1. The summed E-state index contributed by atoms with van der Waals surface area (Å²) < 4.78 is 68.2. The number of phosphoric acid groups is 2. The van der Waals surface area contributed by atoms with Crippen LogP contribution in [0.25, 0.3) is 0 Å². The molecular formula is C70H136O17P2. The third kappa shape index (κ3) is 63.2.